The van der Waals surface area contributed by atoms with Crippen LogP contribution in [0.15, 0.2) is 51.8 Å². The van der Waals surface area contributed by atoms with Gasteiger partial charge in [0.15, 0.2) is 11.5 Å². The molecule has 0 fully saturated rings. The molecule has 142 valence electrons. The number of amides is 1. The maximum absolute atomic E-state index is 12.5. The summed E-state index contributed by atoms with van der Waals surface area (Å²) in [6.07, 6.45) is 0. The second kappa shape index (κ2) is 7.13. The van der Waals surface area contributed by atoms with Gasteiger partial charge >= 0.3 is 0 Å². The highest BCUT2D eigenvalue weighted by atomic mass is 32.2. The topological polar surface area (TPSA) is 92.5 Å². The van der Waals surface area contributed by atoms with Crippen LogP contribution in [0, 0.1) is 6.92 Å². The van der Waals surface area contributed by atoms with Crippen molar-refractivity contribution in [2.75, 3.05) is 12.4 Å². The average molecular weight is 387 g/mol. The van der Waals surface area contributed by atoms with Gasteiger partial charge in [0.1, 0.15) is 5.52 Å². The van der Waals surface area contributed by atoms with Crippen LogP contribution in [-0.4, -0.2) is 36.7 Å². The predicted octanol–water partition coefficient (Wildman–Crippen LogP) is 3.42. The highest BCUT2D eigenvalue weighted by Crippen LogP contribution is 2.21. The van der Waals surface area contributed by atoms with Gasteiger partial charge in [0.25, 0.3) is 5.91 Å². The Morgan fingerprint density at radius 1 is 1.15 bits per heavy atom. The van der Waals surface area contributed by atoms with Crippen LogP contribution in [0.4, 0.5) is 5.69 Å². The van der Waals surface area contributed by atoms with E-state index in [1.54, 1.807) is 39.0 Å². The zero-order valence-corrected chi connectivity index (χ0v) is 16.4. The number of carbonyl (C=O) groups excluding carboxylic acids is 1. The fourth-order valence-electron chi connectivity index (χ4n) is 2.55. The van der Waals surface area contributed by atoms with Crippen molar-refractivity contribution in [2.45, 2.75) is 31.7 Å². The third-order valence-corrected chi connectivity index (χ3v) is 6.32. The van der Waals surface area contributed by atoms with E-state index in [9.17, 15) is 13.2 Å². The molecule has 0 aliphatic heterocycles. The number of oxazole rings is 1. The molecule has 27 heavy (non-hydrogen) atoms. The van der Waals surface area contributed by atoms with Crippen LogP contribution in [0.25, 0.3) is 11.1 Å². The number of aryl methyl sites for hydroxylation is 1. The van der Waals surface area contributed by atoms with Crippen LogP contribution < -0.4 is 5.32 Å². The first-order chi connectivity index (χ1) is 12.7. The molecule has 1 aromatic heterocycles. The average Bonchev–Trinajstić information content (AvgIpc) is 3.00. The van der Waals surface area contributed by atoms with E-state index >= 15 is 0 Å². The van der Waals surface area contributed by atoms with E-state index in [0.717, 1.165) is 0 Å². The minimum absolute atomic E-state index is 0.148. The second-order valence-corrected chi connectivity index (χ2v) is 8.51. The third-order valence-electron chi connectivity index (χ3n) is 4.27. The van der Waals surface area contributed by atoms with E-state index in [1.165, 1.54) is 35.6 Å². The Hall–Kier alpha value is -2.71. The van der Waals surface area contributed by atoms with Crippen LogP contribution in [0.5, 0.6) is 0 Å². The first kappa shape index (κ1) is 19.1. The summed E-state index contributed by atoms with van der Waals surface area (Å²) < 4.78 is 31.7. The second-order valence-electron chi connectivity index (χ2n) is 6.51. The minimum atomic E-state index is -3.58. The van der Waals surface area contributed by atoms with Crippen molar-refractivity contribution in [3.63, 3.8) is 0 Å². The number of nitrogens with one attached hydrogen (secondary N) is 1. The number of benzene rings is 2. The Labute approximate surface area is 158 Å². The van der Waals surface area contributed by atoms with Crippen molar-refractivity contribution in [1.82, 2.24) is 9.29 Å². The quantitative estimate of drug-likeness (QED) is 0.724. The highest BCUT2D eigenvalue weighted by Gasteiger charge is 2.23. The van der Waals surface area contributed by atoms with Gasteiger partial charge in [0, 0.05) is 31.3 Å². The Kier molecular flexibility index (Phi) is 5.03. The monoisotopic (exact) mass is 387 g/mol. The number of hydrogen-bond acceptors (Lipinski definition) is 5. The molecule has 0 spiro atoms. The molecule has 0 saturated carbocycles. The van der Waals surface area contributed by atoms with Crippen molar-refractivity contribution in [3.05, 3.63) is 53.9 Å². The lowest BCUT2D eigenvalue weighted by Gasteiger charge is -2.21. The van der Waals surface area contributed by atoms with Gasteiger partial charge in [-0.3, -0.25) is 4.79 Å². The zero-order valence-electron chi connectivity index (χ0n) is 15.6. The molecule has 0 aliphatic rings. The molecule has 8 heteroatoms. The van der Waals surface area contributed by atoms with Crippen molar-refractivity contribution < 1.29 is 17.6 Å². The van der Waals surface area contributed by atoms with Gasteiger partial charge in [-0.15, -0.1) is 0 Å². The molecule has 0 atom stereocenters. The molecular formula is C19H21N3O4S. The first-order valence-corrected chi connectivity index (χ1v) is 9.89. The molecule has 1 heterocycles. The van der Waals surface area contributed by atoms with Gasteiger partial charge in [-0.2, -0.15) is 4.31 Å². The maximum atomic E-state index is 12.5. The summed E-state index contributed by atoms with van der Waals surface area (Å²) in [6, 6.07) is 10.9. The first-order valence-electron chi connectivity index (χ1n) is 8.45. The van der Waals surface area contributed by atoms with Crippen molar-refractivity contribution in [3.8, 4) is 0 Å². The molecule has 1 amide bonds. The van der Waals surface area contributed by atoms with E-state index < -0.39 is 10.0 Å². The Balaban J connectivity index is 1.79. The van der Waals surface area contributed by atoms with E-state index in [0.29, 0.717) is 28.2 Å². The van der Waals surface area contributed by atoms with Gasteiger partial charge in [-0.25, -0.2) is 13.4 Å². The van der Waals surface area contributed by atoms with Crippen LogP contribution in [0.3, 0.4) is 0 Å². The lowest BCUT2D eigenvalue weighted by molar-refractivity contribution is 0.102. The summed E-state index contributed by atoms with van der Waals surface area (Å²) in [5.74, 6) is 0.215. The third kappa shape index (κ3) is 3.86. The Morgan fingerprint density at radius 2 is 1.81 bits per heavy atom. The normalized spacial score (nSPS) is 12.1. The number of carbonyl (C=O) groups is 1. The smallest absolute Gasteiger partial charge is 0.255 e. The molecule has 0 radical (unpaired) electrons. The predicted molar refractivity (Wildman–Crippen MR) is 103 cm³/mol. The molecule has 0 bridgehead atoms. The fraction of sp³-hybridized carbons (Fsp3) is 0.263. The van der Waals surface area contributed by atoms with Gasteiger partial charge < -0.3 is 9.73 Å². The Bertz CT molecular complexity index is 1090. The summed E-state index contributed by atoms with van der Waals surface area (Å²) in [5, 5.41) is 2.78. The molecule has 2 aromatic carbocycles. The van der Waals surface area contributed by atoms with E-state index in [1.807, 2.05) is 0 Å². The molecule has 7 nitrogen and oxygen atoms in total. The molecule has 3 rings (SSSR count). The summed E-state index contributed by atoms with van der Waals surface area (Å²) >= 11 is 0. The van der Waals surface area contributed by atoms with Crippen LogP contribution >= 0.6 is 0 Å². The zero-order chi connectivity index (χ0) is 19.8. The number of rotatable bonds is 5. The highest BCUT2D eigenvalue weighted by molar-refractivity contribution is 7.89. The number of nitrogens with zero attached hydrogens (tertiary/aromatic N) is 2. The number of anilines is 1. The number of aromatic nitrogens is 1. The minimum Gasteiger partial charge on any atom is -0.441 e. The van der Waals surface area contributed by atoms with Crippen LogP contribution in [0.2, 0.25) is 0 Å². The molecular weight excluding hydrogens is 366 g/mol. The summed E-state index contributed by atoms with van der Waals surface area (Å²) in [7, 11) is -2.05. The molecule has 0 saturated heterocycles. The standard InChI is InChI=1S/C19H21N3O4S/c1-12(2)22(4)27(24,25)16-8-5-14(6-9-16)19(23)21-15-7-10-18-17(11-15)20-13(3)26-18/h5-12H,1-4H3,(H,21,23). The lowest BCUT2D eigenvalue weighted by Crippen LogP contribution is -2.33. The SMILES string of the molecule is Cc1nc2cc(NC(=O)c3ccc(S(=O)(=O)N(C)C(C)C)cc3)ccc2o1. The summed E-state index contributed by atoms with van der Waals surface area (Å²) in [5.41, 5.74) is 2.24. The lowest BCUT2D eigenvalue weighted by atomic mass is 10.2. The fourth-order valence-corrected chi connectivity index (χ4v) is 3.91. The van der Waals surface area contributed by atoms with Crippen molar-refractivity contribution in [1.29, 1.82) is 0 Å². The summed E-state index contributed by atoms with van der Waals surface area (Å²) in [4.78, 5) is 16.8. The van der Waals surface area contributed by atoms with E-state index in [2.05, 4.69) is 10.3 Å². The van der Waals surface area contributed by atoms with Gasteiger partial charge in [0.05, 0.1) is 4.90 Å². The summed E-state index contributed by atoms with van der Waals surface area (Å²) in [6.45, 7) is 5.35. The van der Waals surface area contributed by atoms with E-state index in [-0.39, 0.29) is 16.8 Å². The largest absolute Gasteiger partial charge is 0.441 e. The molecule has 0 aliphatic carbocycles. The van der Waals surface area contributed by atoms with Gasteiger partial charge in [-0.05, 0) is 56.3 Å². The number of sulfonamides is 1. The molecule has 3 aromatic rings. The van der Waals surface area contributed by atoms with Crippen LogP contribution in [0.1, 0.15) is 30.1 Å². The molecule has 1 N–H and O–H groups in total. The number of fused-ring (bicyclic) bond motifs is 1. The van der Waals surface area contributed by atoms with Crippen molar-refractivity contribution in [2.24, 2.45) is 0 Å². The van der Waals surface area contributed by atoms with Gasteiger partial charge in [-0.1, -0.05) is 0 Å². The van der Waals surface area contributed by atoms with Gasteiger partial charge in [0.2, 0.25) is 10.0 Å². The van der Waals surface area contributed by atoms with Crippen LogP contribution in [-0.2, 0) is 10.0 Å². The number of hydrogen-bond donors (Lipinski definition) is 1. The molecule has 0 unspecified atom stereocenters. The Morgan fingerprint density at radius 3 is 2.44 bits per heavy atom. The maximum Gasteiger partial charge on any atom is 0.255 e. The van der Waals surface area contributed by atoms with Crippen molar-refractivity contribution >= 4 is 32.7 Å². The van der Waals surface area contributed by atoms with E-state index in [4.69, 9.17) is 4.42 Å².